The second-order valence-corrected chi connectivity index (χ2v) is 5.69. The van der Waals surface area contributed by atoms with E-state index >= 15 is 0 Å². The number of aromatic nitrogens is 2. The number of hydrogen-bond acceptors (Lipinski definition) is 2. The number of ether oxygens (including phenoxy) is 1. The third-order valence-electron chi connectivity index (χ3n) is 3.65. The van der Waals surface area contributed by atoms with Gasteiger partial charge < -0.3 is 9.30 Å². The van der Waals surface area contributed by atoms with Gasteiger partial charge in [-0.25, -0.2) is 9.37 Å². The van der Waals surface area contributed by atoms with Crippen LogP contribution in [0.1, 0.15) is 25.1 Å². The zero-order chi connectivity index (χ0) is 14.1. The summed E-state index contributed by atoms with van der Waals surface area (Å²) in [4.78, 5) is 4.38. The number of nitrogens with zero attached hydrogens (tertiary/aromatic N) is 2. The second kappa shape index (κ2) is 5.88. The molecule has 0 radical (unpaired) electrons. The van der Waals surface area contributed by atoms with Gasteiger partial charge in [0.25, 0.3) is 0 Å². The molecule has 1 aromatic heterocycles. The molecule has 3 rings (SSSR count). The lowest BCUT2D eigenvalue weighted by Crippen LogP contribution is -2.25. The van der Waals surface area contributed by atoms with Crippen LogP contribution in [-0.2, 0) is 17.2 Å². The predicted molar refractivity (Wildman–Crippen MR) is 77.8 cm³/mol. The number of alkyl halides is 1. The zero-order valence-corrected chi connectivity index (χ0v) is 12.4. The highest BCUT2D eigenvalue weighted by molar-refractivity contribution is 6.31. The highest BCUT2D eigenvalue weighted by atomic mass is 35.5. The lowest BCUT2D eigenvalue weighted by atomic mass is 10.1. The fourth-order valence-corrected chi connectivity index (χ4v) is 2.99. The van der Waals surface area contributed by atoms with E-state index in [1.165, 1.54) is 12.5 Å². The number of fused-ring (bicyclic) bond motifs is 1. The van der Waals surface area contributed by atoms with E-state index in [1.807, 2.05) is 4.57 Å². The van der Waals surface area contributed by atoms with Crippen molar-refractivity contribution in [2.75, 3.05) is 6.61 Å². The first-order valence-corrected chi connectivity index (χ1v) is 7.62. The summed E-state index contributed by atoms with van der Waals surface area (Å²) in [6.07, 6.45) is 3.46. The van der Waals surface area contributed by atoms with Gasteiger partial charge in [-0.05, 0) is 25.3 Å². The van der Waals surface area contributed by atoms with Gasteiger partial charge >= 0.3 is 0 Å². The van der Waals surface area contributed by atoms with E-state index < -0.39 is 5.82 Å². The smallest absolute Gasteiger partial charge is 0.144 e. The van der Waals surface area contributed by atoms with Crippen molar-refractivity contribution in [1.29, 1.82) is 0 Å². The standard InChI is InChI=1S/C14H15Cl2FN2O/c15-7-14-18-12-6-11(17)10(16)5-13(12)19(14)8-9-3-1-2-4-20-9/h5-6,9H,1-4,7-8H2. The van der Waals surface area contributed by atoms with Gasteiger partial charge in [-0.15, -0.1) is 11.6 Å². The Hall–Kier alpha value is -0.840. The molecule has 2 heterocycles. The molecule has 0 N–H and O–H groups in total. The molecular weight excluding hydrogens is 302 g/mol. The van der Waals surface area contributed by atoms with Crippen molar-refractivity contribution in [3.63, 3.8) is 0 Å². The molecule has 1 aromatic carbocycles. The molecule has 0 spiro atoms. The van der Waals surface area contributed by atoms with Crippen molar-refractivity contribution in [2.45, 2.75) is 37.8 Å². The summed E-state index contributed by atoms with van der Waals surface area (Å²) >= 11 is 11.8. The van der Waals surface area contributed by atoms with Crippen LogP contribution in [0.5, 0.6) is 0 Å². The third-order valence-corrected chi connectivity index (χ3v) is 4.18. The molecule has 1 fully saturated rings. The van der Waals surface area contributed by atoms with Crippen LogP contribution < -0.4 is 0 Å². The molecule has 2 aromatic rings. The minimum Gasteiger partial charge on any atom is -0.376 e. The van der Waals surface area contributed by atoms with Gasteiger partial charge in [0.15, 0.2) is 0 Å². The van der Waals surface area contributed by atoms with Crippen LogP contribution in [0.15, 0.2) is 12.1 Å². The second-order valence-electron chi connectivity index (χ2n) is 5.02. The van der Waals surface area contributed by atoms with E-state index in [4.69, 9.17) is 27.9 Å². The van der Waals surface area contributed by atoms with Gasteiger partial charge in [-0.3, -0.25) is 0 Å². The number of halogens is 3. The third kappa shape index (κ3) is 2.65. The highest BCUT2D eigenvalue weighted by Gasteiger charge is 2.19. The summed E-state index contributed by atoms with van der Waals surface area (Å²) in [6.45, 7) is 1.48. The van der Waals surface area contributed by atoms with E-state index in [0.717, 1.165) is 30.8 Å². The van der Waals surface area contributed by atoms with Crippen LogP contribution in [-0.4, -0.2) is 22.3 Å². The Bertz CT molecular complexity index is 623. The minimum atomic E-state index is -0.459. The van der Waals surface area contributed by atoms with Crippen LogP contribution in [0.3, 0.4) is 0 Å². The van der Waals surface area contributed by atoms with E-state index in [-0.39, 0.29) is 17.0 Å². The Morgan fingerprint density at radius 3 is 2.95 bits per heavy atom. The van der Waals surface area contributed by atoms with Crippen molar-refractivity contribution >= 4 is 34.2 Å². The summed E-state index contributed by atoms with van der Waals surface area (Å²) in [5.41, 5.74) is 1.39. The molecular formula is C14H15Cl2FN2O. The van der Waals surface area contributed by atoms with Gasteiger partial charge in [0.2, 0.25) is 0 Å². The summed E-state index contributed by atoms with van der Waals surface area (Å²) < 4.78 is 21.3. The average molecular weight is 317 g/mol. The first-order chi connectivity index (χ1) is 9.69. The summed E-state index contributed by atoms with van der Waals surface area (Å²) in [7, 11) is 0. The van der Waals surface area contributed by atoms with E-state index in [0.29, 0.717) is 12.1 Å². The molecule has 108 valence electrons. The van der Waals surface area contributed by atoms with Crippen LogP contribution in [0.4, 0.5) is 4.39 Å². The van der Waals surface area contributed by atoms with Crippen molar-refractivity contribution < 1.29 is 9.13 Å². The molecule has 0 saturated carbocycles. The minimum absolute atomic E-state index is 0.101. The molecule has 1 saturated heterocycles. The molecule has 1 aliphatic rings. The van der Waals surface area contributed by atoms with E-state index in [9.17, 15) is 4.39 Å². The SMILES string of the molecule is Fc1cc2nc(CCl)n(CC3CCCCO3)c2cc1Cl. The Kier molecular flexibility index (Phi) is 4.15. The van der Waals surface area contributed by atoms with Crippen LogP contribution in [0.2, 0.25) is 5.02 Å². The maximum absolute atomic E-state index is 13.5. The van der Waals surface area contributed by atoms with E-state index in [2.05, 4.69) is 4.98 Å². The molecule has 1 aliphatic heterocycles. The average Bonchev–Trinajstić information content (AvgIpc) is 2.78. The Labute approximate surface area is 126 Å². The topological polar surface area (TPSA) is 27.1 Å². The fraction of sp³-hybridized carbons (Fsp3) is 0.500. The summed E-state index contributed by atoms with van der Waals surface area (Å²) in [5.74, 6) is 0.539. The summed E-state index contributed by atoms with van der Waals surface area (Å²) in [6, 6.07) is 2.96. The monoisotopic (exact) mass is 316 g/mol. The number of hydrogen-bond donors (Lipinski definition) is 0. The van der Waals surface area contributed by atoms with Crippen molar-refractivity contribution in [3.8, 4) is 0 Å². The van der Waals surface area contributed by atoms with Gasteiger partial charge in [-0.1, -0.05) is 11.6 Å². The van der Waals surface area contributed by atoms with Gasteiger partial charge in [0, 0.05) is 12.7 Å². The summed E-state index contributed by atoms with van der Waals surface area (Å²) in [5, 5.41) is 0.101. The van der Waals surface area contributed by atoms with Gasteiger partial charge in [0.1, 0.15) is 11.6 Å². The Balaban J connectivity index is 2.00. The molecule has 0 aliphatic carbocycles. The first kappa shape index (κ1) is 14.1. The van der Waals surface area contributed by atoms with Gasteiger partial charge in [-0.2, -0.15) is 0 Å². The molecule has 0 amide bonds. The number of imidazole rings is 1. The molecule has 3 nitrogen and oxygen atoms in total. The molecule has 6 heteroatoms. The van der Waals surface area contributed by atoms with Gasteiger partial charge in [0.05, 0.1) is 34.6 Å². The van der Waals surface area contributed by atoms with Crippen molar-refractivity contribution in [3.05, 3.63) is 28.8 Å². The fourth-order valence-electron chi connectivity index (χ4n) is 2.63. The van der Waals surface area contributed by atoms with Crippen molar-refractivity contribution in [2.24, 2.45) is 0 Å². The Morgan fingerprint density at radius 1 is 1.40 bits per heavy atom. The van der Waals surface area contributed by atoms with Crippen LogP contribution >= 0.6 is 23.2 Å². The number of rotatable bonds is 3. The maximum atomic E-state index is 13.5. The maximum Gasteiger partial charge on any atom is 0.144 e. The van der Waals surface area contributed by atoms with Crippen LogP contribution in [0.25, 0.3) is 11.0 Å². The highest BCUT2D eigenvalue weighted by Crippen LogP contribution is 2.26. The molecule has 1 atom stereocenters. The Morgan fingerprint density at radius 2 is 2.25 bits per heavy atom. The quantitative estimate of drug-likeness (QED) is 0.796. The molecule has 20 heavy (non-hydrogen) atoms. The molecule has 0 bridgehead atoms. The lowest BCUT2D eigenvalue weighted by molar-refractivity contribution is 0.00627. The zero-order valence-electron chi connectivity index (χ0n) is 10.9. The normalized spacial score (nSPS) is 19.6. The molecule has 1 unspecified atom stereocenters. The largest absolute Gasteiger partial charge is 0.376 e. The van der Waals surface area contributed by atoms with Crippen molar-refractivity contribution in [1.82, 2.24) is 9.55 Å². The first-order valence-electron chi connectivity index (χ1n) is 6.71. The van der Waals surface area contributed by atoms with E-state index in [1.54, 1.807) is 6.07 Å². The number of benzene rings is 1. The van der Waals surface area contributed by atoms with Crippen LogP contribution in [0, 0.1) is 5.82 Å². The predicted octanol–water partition coefficient (Wildman–Crippen LogP) is 4.14. The lowest BCUT2D eigenvalue weighted by Gasteiger charge is -2.23.